The molecule has 0 aromatic heterocycles. The quantitative estimate of drug-likeness (QED) is 0.150. The molecule has 2 aromatic rings. The minimum absolute atomic E-state index is 0.0315. The van der Waals surface area contributed by atoms with Crippen LogP contribution in [0, 0.1) is 23.0 Å². The number of carbonyl (C=O) groups is 4. The second-order valence-corrected chi connectivity index (χ2v) is 15.4. The van der Waals surface area contributed by atoms with Gasteiger partial charge in [-0.2, -0.15) is 0 Å². The number of nitrogens with zero attached hydrogens (tertiary/aromatic N) is 3. The van der Waals surface area contributed by atoms with Crippen LogP contribution in [0.4, 0.5) is 11.4 Å². The lowest BCUT2D eigenvalue weighted by Gasteiger charge is -2.41. The third-order valence-electron chi connectivity index (χ3n) is 11.0. The smallest absolute Gasteiger partial charge is 0.328 e. The van der Waals surface area contributed by atoms with E-state index in [1.54, 1.807) is 33.0 Å². The Kier molecular flexibility index (Phi) is 14.5. The van der Waals surface area contributed by atoms with Crippen LogP contribution in [0.1, 0.15) is 82.3 Å². The summed E-state index contributed by atoms with van der Waals surface area (Å²) in [4.78, 5) is 67.3. The van der Waals surface area contributed by atoms with E-state index in [0.29, 0.717) is 17.1 Å². The van der Waals surface area contributed by atoms with E-state index in [1.165, 1.54) is 50.2 Å². The number of non-ortho nitro benzene ring substituents is 1. The first-order valence-electron chi connectivity index (χ1n) is 19.0. The number of epoxide rings is 1. The summed E-state index contributed by atoms with van der Waals surface area (Å²) in [6.07, 6.45) is 1.78. The van der Waals surface area contributed by atoms with Gasteiger partial charge in [0.15, 0.2) is 0 Å². The second kappa shape index (κ2) is 18.3. The van der Waals surface area contributed by atoms with Crippen LogP contribution in [-0.2, 0) is 39.8 Å². The van der Waals surface area contributed by atoms with Gasteiger partial charge in [0.1, 0.15) is 35.6 Å². The predicted molar refractivity (Wildman–Crippen MR) is 214 cm³/mol. The number of aryl methyl sites for hydroxylation is 1. The summed E-state index contributed by atoms with van der Waals surface area (Å²) in [5, 5.41) is 23.3. The van der Waals surface area contributed by atoms with Crippen molar-refractivity contribution in [1.82, 2.24) is 4.90 Å². The van der Waals surface area contributed by atoms with Crippen molar-refractivity contribution < 1.29 is 48.2 Å². The highest BCUT2D eigenvalue weighted by atomic mass is 35.5. The Morgan fingerprint density at radius 3 is 2.42 bits per heavy atom. The number of benzene rings is 2. The molecule has 57 heavy (non-hydrogen) atoms. The molecule has 8 atom stereocenters. The summed E-state index contributed by atoms with van der Waals surface area (Å²) in [5.74, 6) is -2.98. The van der Waals surface area contributed by atoms with Crippen molar-refractivity contribution in [3.8, 4) is 0 Å². The monoisotopic (exact) mass is 811 g/mol. The molecule has 0 saturated carbocycles. The van der Waals surface area contributed by atoms with Gasteiger partial charge in [-0.3, -0.25) is 24.5 Å². The third kappa shape index (κ3) is 9.92. The molecular formula is C42H54ClN3O11. The second-order valence-electron chi connectivity index (χ2n) is 15.0. The lowest BCUT2D eigenvalue weighted by atomic mass is 9.78. The van der Waals surface area contributed by atoms with E-state index in [1.807, 2.05) is 45.9 Å². The summed E-state index contributed by atoms with van der Waals surface area (Å²) in [6, 6.07) is 7.60. The number of hydrogen-bond donors (Lipinski definition) is 1. The summed E-state index contributed by atoms with van der Waals surface area (Å²) >= 11 is 6.77. The van der Waals surface area contributed by atoms with Gasteiger partial charge in [-0.05, 0) is 63.4 Å². The van der Waals surface area contributed by atoms with Gasteiger partial charge in [0.25, 0.3) is 11.6 Å². The molecule has 2 amide bonds. The zero-order valence-electron chi connectivity index (χ0n) is 34.2. The van der Waals surface area contributed by atoms with Crippen LogP contribution in [0.5, 0.6) is 0 Å². The molecule has 2 saturated heterocycles. The van der Waals surface area contributed by atoms with Crippen LogP contribution >= 0.6 is 11.6 Å². The first kappa shape index (κ1) is 45.1. The number of methoxy groups -OCH3 is 1. The van der Waals surface area contributed by atoms with Gasteiger partial charge in [-0.15, -0.1) is 0 Å². The van der Waals surface area contributed by atoms with Crippen molar-refractivity contribution in [3.63, 3.8) is 0 Å². The van der Waals surface area contributed by atoms with E-state index in [2.05, 4.69) is 0 Å². The number of allylic oxidation sites excluding steroid dienone is 3. The number of likely N-dealkylation sites (N-methyl/N-ethyl adjacent to an activating group) is 1. The van der Waals surface area contributed by atoms with Crippen molar-refractivity contribution >= 4 is 46.7 Å². The Balaban J connectivity index is 0.00000354. The van der Waals surface area contributed by atoms with E-state index >= 15 is 0 Å². The number of nitro benzene ring substituents is 1. The highest BCUT2D eigenvalue weighted by Crippen LogP contribution is 2.49. The van der Waals surface area contributed by atoms with E-state index < -0.39 is 76.3 Å². The van der Waals surface area contributed by atoms with Crippen LogP contribution < -0.4 is 4.90 Å². The summed E-state index contributed by atoms with van der Waals surface area (Å²) in [7, 11) is 4.44. The van der Waals surface area contributed by atoms with Crippen LogP contribution in [-0.4, -0.2) is 102 Å². The molecular weight excluding hydrogens is 758 g/mol. The van der Waals surface area contributed by atoms with Crippen LogP contribution in [0.25, 0.3) is 0 Å². The van der Waals surface area contributed by atoms with E-state index in [0.717, 1.165) is 21.6 Å². The largest absolute Gasteiger partial charge is 0.462 e. The molecule has 0 spiro atoms. The fourth-order valence-electron chi connectivity index (χ4n) is 7.40. The van der Waals surface area contributed by atoms with Gasteiger partial charge in [-0.1, -0.05) is 62.2 Å². The van der Waals surface area contributed by atoms with Gasteiger partial charge in [-0.25, -0.2) is 4.79 Å². The Hall–Kier alpha value is -4.63. The zero-order valence-corrected chi connectivity index (χ0v) is 35.0. The van der Waals surface area contributed by atoms with Crippen molar-refractivity contribution in [3.05, 3.63) is 92.0 Å². The maximum absolute atomic E-state index is 14.1. The minimum atomic E-state index is -1.60. The topological polar surface area (TPSA) is 178 Å². The number of amides is 2. The van der Waals surface area contributed by atoms with Crippen LogP contribution in [0.3, 0.4) is 0 Å². The highest BCUT2D eigenvalue weighted by Gasteiger charge is 2.64. The lowest BCUT2D eigenvalue weighted by molar-refractivity contribution is -0.384. The molecule has 0 aliphatic carbocycles. The molecule has 4 bridgehead atoms. The SMILES string of the molecule is CC.CO[C@@H]1/C=C/C=C(\C)Cc2cc(C)c(Cl)c(c2)N(C)C(=O)C[C@H](OC(=O)[C@H](C)N(C)C(=O)c2ccc([N+](=O)[O-])cc2)[C@]2(C)O[C@H]2[C@H](C)[C@@H]2C[C@@]1(O)CC(=O)O2. The first-order chi connectivity index (χ1) is 26.8. The average molecular weight is 812 g/mol. The molecule has 1 N–H and O–H groups in total. The molecule has 15 heteroatoms. The van der Waals surface area contributed by atoms with Crippen LogP contribution in [0.2, 0.25) is 5.02 Å². The summed E-state index contributed by atoms with van der Waals surface area (Å²) in [6.45, 7) is 12.8. The van der Waals surface area contributed by atoms with Gasteiger partial charge >= 0.3 is 11.9 Å². The minimum Gasteiger partial charge on any atom is -0.462 e. The molecule has 3 aliphatic heterocycles. The number of nitro groups is 1. The molecule has 3 aliphatic rings. The van der Waals surface area contributed by atoms with Crippen molar-refractivity contribution in [2.75, 3.05) is 26.1 Å². The number of ether oxygens (including phenoxy) is 4. The predicted octanol–water partition coefficient (Wildman–Crippen LogP) is 6.31. The fourth-order valence-corrected chi connectivity index (χ4v) is 7.63. The van der Waals surface area contributed by atoms with Gasteiger partial charge in [0, 0.05) is 51.2 Å². The normalized spacial score (nSPS) is 29.6. The van der Waals surface area contributed by atoms with E-state index in [4.69, 9.17) is 30.5 Å². The number of esters is 2. The van der Waals surface area contributed by atoms with Crippen LogP contribution in [0.15, 0.2) is 60.2 Å². The Morgan fingerprint density at radius 1 is 1.16 bits per heavy atom. The molecule has 14 nitrogen and oxygen atoms in total. The Bertz CT molecular complexity index is 1920. The average Bonchev–Trinajstić information content (AvgIpc) is 3.88. The Labute approximate surface area is 338 Å². The number of fused-ring (bicyclic) bond motifs is 5. The lowest BCUT2D eigenvalue weighted by Crippen LogP contribution is -2.53. The third-order valence-corrected chi connectivity index (χ3v) is 11.5. The molecule has 3 heterocycles. The maximum Gasteiger partial charge on any atom is 0.328 e. The standard InChI is InChI=1S/C40H48ClN3O11.C2H6/c1-22-10-9-11-31(52-8)40(49)20-30(53-34(46)21-40)24(3)36-39(5,55-36)32(19-33(45)43(7)29-18-26(16-22)17-23(2)35(29)41)54-38(48)25(4)42(6)37(47)27-12-14-28(15-13-27)44(50)51;1-2/h9-15,17-18,24-25,30-32,36,49H,16,19-21H2,1-8H3;1-2H3/b11-9+,22-10+;/t24-,25+,30+,31-,32+,36+,39+,40-;/m1./s1. The van der Waals surface area contributed by atoms with E-state index in [9.17, 15) is 34.4 Å². The van der Waals surface area contributed by atoms with Gasteiger partial charge < -0.3 is 33.9 Å². The number of aliphatic hydroxyl groups is 1. The number of halogens is 1. The number of carbonyl (C=O) groups excluding carboxylic acids is 4. The summed E-state index contributed by atoms with van der Waals surface area (Å²) < 4.78 is 23.8. The molecule has 5 rings (SSSR count). The highest BCUT2D eigenvalue weighted by molar-refractivity contribution is 6.34. The molecule has 2 fully saturated rings. The zero-order chi connectivity index (χ0) is 42.6. The molecule has 0 radical (unpaired) electrons. The van der Waals surface area contributed by atoms with Crippen molar-refractivity contribution in [2.45, 2.75) is 116 Å². The number of anilines is 1. The van der Waals surface area contributed by atoms with Crippen molar-refractivity contribution in [2.24, 2.45) is 5.92 Å². The molecule has 2 aromatic carbocycles. The fraction of sp³-hybridized carbons (Fsp3) is 0.524. The summed E-state index contributed by atoms with van der Waals surface area (Å²) in [5.41, 5.74) is 0.155. The number of rotatable bonds is 6. The van der Waals surface area contributed by atoms with E-state index in [-0.39, 0.29) is 30.5 Å². The maximum atomic E-state index is 14.1. The molecule has 310 valence electrons. The number of hydrogen-bond acceptors (Lipinski definition) is 11. The van der Waals surface area contributed by atoms with Gasteiger partial charge in [0.05, 0.1) is 34.6 Å². The first-order valence-corrected chi connectivity index (χ1v) is 19.4. The molecule has 0 unspecified atom stereocenters. The van der Waals surface area contributed by atoms with Crippen molar-refractivity contribution in [1.29, 1.82) is 0 Å². The van der Waals surface area contributed by atoms with Gasteiger partial charge in [0.2, 0.25) is 5.91 Å². The Morgan fingerprint density at radius 2 is 1.81 bits per heavy atom.